The summed E-state index contributed by atoms with van der Waals surface area (Å²) in [7, 11) is 1.58. The van der Waals surface area contributed by atoms with E-state index in [-0.39, 0.29) is 17.7 Å². The Hall–Kier alpha value is -3.26. The molecule has 1 unspecified atom stereocenters. The molecule has 7 nitrogen and oxygen atoms in total. The van der Waals surface area contributed by atoms with Crippen molar-refractivity contribution >= 4 is 34.0 Å². The highest BCUT2D eigenvalue weighted by Crippen LogP contribution is 2.35. The summed E-state index contributed by atoms with van der Waals surface area (Å²) < 4.78 is 5.10. The van der Waals surface area contributed by atoms with Gasteiger partial charge in [0, 0.05) is 30.1 Å². The van der Waals surface area contributed by atoms with Crippen molar-refractivity contribution in [3.05, 3.63) is 64.7 Å². The van der Waals surface area contributed by atoms with Gasteiger partial charge in [-0.05, 0) is 42.8 Å². The Labute approximate surface area is 172 Å². The van der Waals surface area contributed by atoms with Crippen LogP contribution in [0.1, 0.15) is 33.3 Å². The summed E-state index contributed by atoms with van der Waals surface area (Å²) in [5.74, 6) is 0.456. The number of para-hydroxylation sites is 1. The highest BCUT2D eigenvalue weighted by molar-refractivity contribution is 7.15. The lowest BCUT2D eigenvalue weighted by Crippen LogP contribution is -2.25. The third-order valence-corrected chi connectivity index (χ3v) is 5.90. The Morgan fingerprint density at radius 1 is 1.17 bits per heavy atom. The maximum atomic E-state index is 12.5. The first kappa shape index (κ1) is 19.1. The quantitative estimate of drug-likeness (QED) is 0.697. The van der Waals surface area contributed by atoms with Crippen molar-refractivity contribution in [2.24, 2.45) is 0 Å². The van der Waals surface area contributed by atoms with Gasteiger partial charge in [-0.1, -0.05) is 29.5 Å². The summed E-state index contributed by atoms with van der Waals surface area (Å²) in [6.45, 7) is 2.55. The zero-order valence-electron chi connectivity index (χ0n) is 16.1. The molecule has 4 rings (SSSR count). The molecule has 1 aliphatic heterocycles. The Morgan fingerprint density at radius 2 is 1.93 bits per heavy atom. The minimum atomic E-state index is -0.264. The monoisotopic (exact) mass is 408 g/mol. The molecular weight excluding hydrogens is 388 g/mol. The van der Waals surface area contributed by atoms with E-state index in [2.05, 4.69) is 15.5 Å². The number of benzene rings is 2. The van der Waals surface area contributed by atoms with Gasteiger partial charge in [0.2, 0.25) is 11.0 Å². The van der Waals surface area contributed by atoms with Crippen LogP contribution in [0.15, 0.2) is 48.5 Å². The summed E-state index contributed by atoms with van der Waals surface area (Å²) in [5, 5.41) is 12.2. The number of ether oxygens (including phenoxy) is 1. The number of carbonyl (C=O) groups is 2. The molecule has 1 fully saturated rings. The first-order valence-corrected chi connectivity index (χ1v) is 10.0. The standard InChI is InChI=1S/C21H20N4O3S/c1-13-5-3-4-6-17(13)25-12-15(11-18(25)26)20-23-24-21(29-20)22-19(27)14-7-9-16(28-2)10-8-14/h3-10,15H,11-12H2,1-2H3,(H,22,24,27). The average molecular weight is 408 g/mol. The molecule has 1 saturated heterocycles. The van der Waals surface area contributed by atoms with Gasteiger partial charge in [0.25, 0.3) is 5.91 Å². The molecule has 0 saturated carbocycles. The summed E-state index contributed by atoms with van der Waals surface area (Å²) in [5.41, 5.74) is 2.49. The van der Waals surface area contributed by atoms with Crippen LogP contribution in [0.4, 0.5) is 10.8 Å². The molecule has 0 aliphatic carbocycles. The third kappa shape index (κ3) is 3.97. The summed E-state index contributed by atoms with van der Waals surface area (Å²) in [6, 6.07) is 14.7. The maximum Gasteiger partial charge on any atom is 0.257 e. The van der Waals surface area contributed by atoms with Gasteiger partial charge in [0.1, 0.15) is 10.8 Å². The molecule has 8 heteroatoms. The molecule has 2 heterocycles. The van der Waals surface area contributed by atoms with E-state index >= 15 is 0 Å². The summed E-state index contributed by atoms with van der Waals surface area (Å²) >= 11 is 1.31. The number of nitrogens with zero attached hydrogens (tertiary/aromatic N) is 3. The predicted molar refractivity (Wildman–Crippen MR) is 112 cm³/mol. The first-order valence-electron chi connectivity index (χ1n) is 9.20. The fourth-order valence-corrected chi connectivity index (χ4v) is 4.16. The van der Waals surface area contributed by atoms with Crippen molar-refractivity contribution in [1.29, 1.82) is 0 Å². The fraction of sp³-hybridized carbons (Fsp3) is 0.238. The van der Waals surface area contributed by atoms with Crippen molar-refractivity contribution in [2.75, 3.05) is 23.9 Å². The van der Waals surface area contributed by atoms with E-state index in [9.17, 15) is 9.59 Å². The van der Waals surface area contributed by atoms with Crippen molar-refractivity contribution in [3.63, 3.8) is 0 Å². The minimum Gasteiger partial charge on any atom is -0.497 e. The van der Waals surface area contributed by atoms with E-state index in [1.165, 1.54) is 11.3 Å². The van der Waals surface area contributed by atoms with Crippen LogP contribution < -0.4 is 15.0 Å². The summed E-state index contributed by atoms with van der Waals surface area (Å²) in [4.78, 5) is 26.7. The number of hydrogen-bond acceptors (Lipinski definition) is 6. The molecule has 29 heavy (non-hydrogen) atoms. The number of hydrogen-bond donors (Lipinski definition) is 1. The molecule has 3 aromatic rings. The number of rotatable bonds is 5. The van der Waals surface area contributed by atoms with Gasteiger partial charge >= 0.3 is 0 Å². The van der Waals surface area contributed by atoms with Gasteiger partial charge in [-0.2, -0.15) is 0 Å². The zero-order valence-corrected chi connectivity index (χ0v) is 16.9. The van der Waals surface area contributed by atoms with Gasteiger partial charge < -0.3 is 9.64 Å². The highest BCUT2D eigenvalue weighted by atomic mass is 32.1. The predicted octanol–water partition coefficient (Wildman–Crippen LogP) is 3.63. The van der Waals surface area contributed by atoms with Crippen LogP contribution >= 0.6 is 11.3 Å². The molecule has 0 bridgehead atoms. The molecule has 1 aliphatic rings. The molecule has 2 amide bonds. The minimum absolute atomic E-state index is 0.0359. The number of aromatic nitrogens is 2. The Morgan fingerprint density at radius 3 is 2.66 bits per heavy atom. The van der Waals surface area contributed by atoms with E-state index in [4.69, 9.17) is 4.74 Å². The molecule has 0 radical (unpaired) electrons. The third-order valence-electron chi connectivity index (χ3n) is 4.89. The second kappa shape index (κ2) is 8.00. The van der Waals surface area contributed by atoms with Crippen LogP contribution in [-0.4, -0.2) is 35.7 Å². The average Bonchev–Trinajstić information content (AvgIpc) is 3.35. The van der Waals surface area contributed by atoms with Crippen LogP contribution in [0, 0.1) is 6.92 Å². The van der Waals surface area contributed by atoms with Crippen LogP contribution in [0.2, 0.25) is 0 Å². The molecule has 1 N–H and O–H groups in total. The summed E-state index contributed by atoms with van der Waals surface area (Å²) in [6.07, 6.45) is 0.384. The van der Waals surface area contributed by atoms with E-state index < -0.39 is 0 Å². The lowest BCUT2D eigenvalue weighted by atomic mass is 10.1. The van der Waals surface area contributed by atoms with Gasteiger partial charge in [0.15, 0.2) is 0 Å². The zero-order chi connectivity index (χ0) is 20.4. The second-order valence-corrected chi connectivity index (χ2v) is 7.83. The molecule has 2 aromatic carbocycles. The first-order chi connectivity index (χ1) is 14.0. The van der Waals surface area contributed by atoms with Gasteiger partial charge in [-0.25, -0.2) is 0 Å². The van der Waals surface area contributed by atoms with Crippen molar-refractivity contribution in [2.45, 2.75) is 19.3 Å². The van der Waals surface area contributed by atoms with Crippen molar-refractivity contribution in [3.8, 4) is 5.75 Å². The lowest BCUT2D eigenvalue weighted by Gasteiger charge is -2.18. The molecule has 0 spiro atoms. The smallest absolute Gasteiger partial charge is 0.257 e. The van der Waals surface area contributed by atoms with E-state index in [1.807, 2.05) is 31.2 Å². The van der Waals surface area contributed by atoms with Gasteiger partial charge in [0.05, 0.1) is 7.11 Å². The molecule has 1 aromatic heterocycles. The largest absolute Gasteiger partial charge is 0.497 e. The molecule has 148 valence electrons. The molecule has 1 atom stereocenters. The Kier molecular flexibility index (Phi) is 5.26. The maximum absolute atomic E-state index is 12.5. The number of carbonyl (C=O) groups excluding carboxylic acids is 2. The van der Waals surface area contributed by atoms with Crippen molar-refractivity contribution < 1.29 is 14.3 Å². The normalized spacial score (nSPS) is 16.1. The van der Waals surface area contributed by atoms with Crippen LogP contribution in [0.25, 0.3) is 0 Å². The topological polar surface area (TPSA) is 84.4 Å². The lowest BCUT2D eigenvalue weighted by molar-refractivity contribution is -0.117. The van der Waals surface area contributed by atoms with Crippen molar-refractivity contribution in [1.82, 2.24) is 10.2 Å². The number of nitrogens with one attached hydrogen (secondary N) is 1. The fourth-order valence-electron chi connectivity index (χ4n) is 3.33. The van der Waals surface area contributed by atoms with E-state index in [1.54, 1.807) is 36.3 Å². The number of anilines is 2. The second-order valence-electron chi connectivity index (χ2n) is 6.82. The number of methoxy groups -OCH3 is 1. The van der Waals surface area contributed by atoms with Gasteiger partial charge in [-0.15, -0.1) is 10.2 Å². The number of aryl methyl sites for hydroxylation is 1. The van der Waals surface area contributed by atoms with Crippen LogP contribution in [0.5, 0.6) is 5.75 Å². The number of amides is 2. The van der Waals surface area contributed by atoms with Gasteiger partial charge in [-0.3, -0.25) is 14.9 Å². The van der Waals surface area contributed by atoms with E-state index in [0.29, 0.717) is 29.4 Å². The highest BCUT2D eigenvalue weighted by Gasteiger charge is 2.34. The van der Waals surface area contributed by atoms with E-state index in [0.717, 1.165) is 16.3 Å². The Balaban J connectivity index is 1.44. The SMILES string of the molecule is COc1ccc(C(=O)Nc2nnc(C3CC(=O)N(c4ccccc4C)C3)s2)cc1. The van der Waals surface area contributed by atoms with Crippen LogP contribution in [-0.2, 0) is 4.79 Å². The van der Waals surface area contributed by atoms with Crippen LogP contribution in [0.3, 0.4) is 0 Å². The molecular formula is C21H20N4O3S. The Bertz CT molecular complexity index is 1050.